The first kappa shape index (κ1) is 16.1. The molecule has 130 valence electrons. The van der Waals surface area contributed by atoms with Gasteiger partial charge in [0.1, 0.15) is 11.9 Å². The molecule has 0 spiro atoms. The molecule has 5 nitrogen and oxygen atoms in total. The molecular weight excluding hydrogens is 310 g/mol. The predicted molar refractivity (Wildman–Crippen MR) is 97.9 cm³/mol. The van der Waals surface area contributed by atoms with Gasteiger partial charge in [0.15, 0.2) is 0 Å². The maximum atomic E-state index is 9.57. The van der Waals surface area contributed by atoms with Crippen LogP contribution in [-0.2, 0) is 12.8 Å². The average Bonchev–Trinajstić information content (AvgIpc) is 3.17. The van der Waals surface area contributed by atoms with E-state index in [1.54, 1.807) is 0 Å². The molecule has 4 rings (SSSR count). The first-order valence-electron chi connectivity index (χ1n) is 9.28. The number of nitrogens with zero attached hydrogens (tertiary/aromatic N) is 5. The second-order valence-electron chi connectivity index (χ2n) is 7.37. The molecule has 2 aliphatic rings. The number of aryl methyl sites for hydroxylation is 4. The normalized spacial score (nSPS) is 19.8. The zero-order valence-electron chi connectivity index (χ0n) is 15.3. The molecule has 0 saturated carbocycles. The molecule has 5 heteroatoms. The Hall–Kier alpha value is -2.35. The van der Waals surface area contributed by atoms with Crippen molar-refractivity contribution in [2.24, 2.45) is 0 Å². The lowest BCUT2D eigenvalue weighted by Gasteiger charge is -2.23. The van der Waals surface area contributed by atoms with Crippen LogP contribution in [0, 0.1) is 32.1 Å². The number of imidazole rings is 1. The highest BCUT2D eigenvalue weighted by molar-refractivity contribution is 5.62. The number of aromatic nitrogens is 3. The number of anilines is 1. The van der Waals surface area contributed by atoms with Crippen LogP contribution in [0.2, 0.25) is 0 Å². The Bertz CT molecular complexity index is 858. The number of fused-ring (bicyclic) bond motifs is 1. The molecule has 0 aromatic carbocycles. The molecule has 25 heavy (non-hydrogen) atoms. The maximum Gasteiger partial charge on any atom is 0.106 e. The van der Waals surface area contributed by atoms with Gasteiger partial charge in [0.25, 0.3) is 0 Å². The number of pyridine rings is 1. The first-order valence-corrected chi connectivity index (χ1v) is 9.28. The van der Waals surface area contributed by atoms with Crippen molar-refractivity contribution in [3.63, 3.8) is 0 Å². The molecule has 0 amide bonds. The van der Waals surface area contributed by atoms with E-state index in [0.717, 1.165) is 60.8 Å². The van der Waals surface area contributed by atoms with Gasteiger partial charge in [0, 0.05) is 24.5 Å². The minimum Gasteiger partial charge on any atom is -0.368 e. The lowest BCUT2D eigenvalue weighted by atomic mass is 10.0. The Kier molecular flexibility index (Phi) is 3.99. The minimum atomic E-state index is 0.453. The van der Waals surface area contributed by atoms with Crippen LogP contribution in [0.25, 0.3) is 0 Å². The van der Waals surface area contributed by atoms with Crippen LogP contribution in [-0.4, -0.2) is 27.6 Å². The van der Waals surface area contributed by atoms with Crippen molar-refractivity contribution >= 4 is 5.69 Å². The fourth-order valence-electron chi connectivity index (χ4n) is 4.55. The number of hydrogen-bond acceptors (Lipinski definition) is 4. The monoisotopic (exact) mass is 335 g/mol. The largest absolute Gasteiger partial charge is 0.368 e. The fourth-order valence-corrected chi connectivity index (χ4v) is 4.55. The van der Waals surface area contributed by atoms with E-state index in [0.29, 0.717) is 6.04 Å². The quantitative estimate of drug-likeness (QED) is 0.844. The van der Waals surface area contributed by atoms with Crippen LogP contribution >= 0.6 is 0 Å². The minimum absolute atomic E-state index is 0.453. The Morgan fingerprint density at radius 3 is 2.76 bits per heavy atom. The molecule has 1 aliphatic heterocycles. The lowest BCUT2D eigenvalue weighted by molar-refractivity contribution is 0.505. The van der Waals surface area contributed by atoms with Gasteiger partial charge in [0.2, 0.25) is 0 Å². The molecule has 0 unspecified atom stereocenters. The summed E-state index contributed by atoms with van der Waals surface area (Å²) in [7, 11) is 0. The fraction of sp³-hybridized carbons (Fsp3) is 0.550. The third kappa shape index (κ3) is 2.70. The van der Waals surface area contributed by atoms with Gasteiger partial charge in [0.05, 0.1) is 28.7 Å². The highest BCUT2D eigenvalue weighted by Crippen LogP contribution is 2.34. The average molecular weight is 335 g/mol. The Morgan fingerprint density at radius 2 is 1.96 bits per heavy atom. The van der Waals surface area contributed by atoms with E-state index < -0.39 is 0 Å². The van der Waals surface area contributed by atoms with Gasteiger partial charge in [-0.2, -0.15) is 5.26 Å². The van der Waals surface area contributed by atoms with E-state index in [4.69, 9.17) is 4.98 Å². The second-order valence-corrected chi connectivity index (χ2v) is 7.37. The lowest BCUT2D eigenvalue weighted by Crippen LogP contribution is -2.24. The van der Waals surface area contributed by atoms with Gasteiger partial charge in [-0.05, 0) is 58.9 Å². The van der Waals surface area contributed by atoms with Crippen molar-refractivity contribution in [1.29, 1.82) is 5.26 Å². The Labute approximate surface area is 149 Å². The summed E-state index contributed by atoms with van der Waals surface area (Å²) in [5, 5.41) is 9.57. The van der Waals surface area contributed by atoms with Gasteiger partial charge in [-0.3, -0.25) is 4.98 Å². The first-order chi connectivity index (χ1) is 12.1. The predicted octanol–water partition coefficient (Wildman–Crippen LogP) is 3.41. The third-order valence-corrected chi connectivity index (χ3v) is 5.64. The maximum absolute atomic E-state index is 9.57. The molecule has 1 saturated heterocycles. The van der Waals surface area contributed by atoms with Crippen molar-refractivity contribution in [3.05, 3.63) is 40.2 Å². The zero-order valence-corrected chi connectivity index (χ0v) is 15.3. The third-order valence-electron chi connectivity index (χ3n) is 5.64. The van der Waals surface area contributed by atoms with Crippen molar-refractivity contribution < 1.29 is 0 Å². The zero-order chi connectivity index (χ0) is 17.6. The van der Waals surface area contributed by atoms with Crippen LogP contribution in [0.5, 0.6) is 0 Å². The topological polar surface area (TPSA) is 57.7 Å². The summed E-state index contributed by atoms with van der Waals surface area (Å²) >= 11 is 0. The van der Waals surface area contributed by atoms with Gasteiger partial charge < -0.3 is 9.47 Å². The van der Waals surface area contributed by atoms with Crippen LogP contribution in [0.15, 0.2) is 6.07 Å². The summed E-state index contributed by atoms with van der Waals surface area (Å²) in [6.07, 6.45) is 5.93. The van der Waals surface area contributed by atoms with Gasteiger partial charge in [-0.1, -0.05) is 0 Å². The SMILES string of the molecule is Cc1cc(N2CC[C@H](n3c(C)nc4c3CCCC4)C2)c(C#N)c(C)n1. The molecule has 1 atom stereocenters. The summed E-state index contributed by atoms with van der Waals surface area (Å²) in [6, 6.07) is 4.87. The van der Waals surface area contributed by atoms with Crippen LogP contribution in [0.1, 0.15) is 59.5 Å². The van der Waals surface area contributed by atoms with Gasteiger partial charge >= 0.3 is 0 Å². The smallest absolute Gasteiger partial charge is 0.106 e. The number of nitriles is 1. The molecule has 0 N–H and O–H groups in total. The molecule has 1 fully saturated rings. The summed E-state index contributed by atoms with van der Waals surface area (Å²) < 4.78 is 2.49. The molecule has 3 heterocycles. The number of hydrogen-bond donors (Lipinski definition) is 0. The Balaban J connectivity index is 1.65. The van der Waals surface area contributed by atoms with E-state index in [1.165, 1.54) is 24.2 Å². The van der Waals surface area contributed by atoms with Gasteiger partial charge in [-0.25, -0.2) is 4.98 Å². The van der Waals surface area contributed by atoms with Crippen molar-refractivity contribution in [1.82, 2.24) is 14.5 Å². The molecule has 1 aliphatic carbocycles. The van der Waals surface area contributed by atoms with Crippen LogP contribution in [0.3, 0.4) is 0 Å². The van der Waals surface area contributed by atoms with Crippen LogP contribution < -0.4 is 4.90 Å². The van der Waals surface area contributed by atoms with E-state index in [9.17, 15) is 5.26 Å². The Morgan fingerprint density at radius 1 is 1.16 bits per heavy atom. The van der Waals surface area contributed by atoms with Crippen LogP contribution in [0.4, 0.5) is 5.69 Å². The van der Waals surface area contributed by atoms with Crippen molar-refractivity contribution in [2.75, 3.05) is 18.0 Å². The summed E-state index contributed by atoms with van der Waals surface area (Å²) in [5.74, 6) is 1.15. The van der Waals surface area contributed by atoms with E-state index in [2.05, 4.69) is 33.5 Å². The molecule has 2 aromatic rings. The van der Waals surface area contributed by atoms with E-state index in [-0.39, 0.29) is 0 Å². The standard InChI is InChI=1S/C20H25N5/c1-13-10-20(17(11-21)14(2)22-13)24-9-8-16(12-24)25-15(3)23-18-6-4-5-7-19(18)25/h10,16H,4-9,12H2,1-3H3/t16-/m0/s1. The summed E-state index contributed by atoms with van der Waals surface area (Å²) in [5.41, 5.74) is 6.34. The molecule has 2 aromatic heterocycles. The summed E-state index contributed by atoms with van der Waals surface area (Å²) in [6.45, 7) is 8.00. The van der Waals surface area contributed by atoms with Crippen molar-refractivity contribution in [3.8, 4) is 6.07 Å². The second kappa shape index (κ2) is 6.18. The van der Waals surface area contributed by atoms with E-state index >= 15 is 0 Å². The van der Waals surface area contributed by atoms with E-state index in [1.807, 2.05) is 13.8 Å². The summed E-state index contributed by atoms with van der Waals surface area (Å²) in [4.78, 5) is 11.7. The molecular formula is C20H25N5. The number of rotatable bonds is 2. The van der Waals surface area contributed by atoms with Gasteiger partial charge in [-0.15, -0.1) is 0 Å². The molecule has 0 radical (unpaired) electrons. The highest BCUT2D eigenvalue weighted by atomic mass is 15.2. The molecule has 0 bridgehead atoms. The van der Waals surface area contributed by atoms with Crippen molar-refractivity contribution in [2.45, 2.75) is 58.9 Å². The highest BCUT2D eigenvalue weighted by Gasteiger charge is 2.30.